The first-order valence-electron chi connectivity index (χ1n) is 10.9. The molecule has 0 spiro atoms. The monoisotopic (exact) mass is 505 g/mol. The number of carbonyl (C=O) groups is 1. The lowest BCUT2D eigenvalue weighted by Gasteiger charge is -2.26. The maximum atomic E-state index is 13.5. The maximum Gasteiger partial charge on any atom is 0.263 e. The summed E-state index contributed by atoms with van der Waals surface area (Å²) in [6.45, 7) is 6.60. The van der Waals surface area contributed by atoms with Crippen molar-refractivity contribution in [3.63, 3.8) is 0 Å². The summed E-state index contributed by atoms with van der Waals surface area (Å²) in [5, 5.41) is 1.14. The van der Waals surface area contributed by atoms with E-state index in [0.717, 1.165) is 16.0 Å². The number of aryl methyl sites for hydroxylation is 2. The van der Waals surface area contributed by atoms with Gasteiger partial charge in [-0.15, -0.1) is 11.3 Å². The lowest BCUT2D eigenvalue weighted by Crippen LogP contribution is -2.42. The van der Waals surface area contributed by atoms with Crippen LogP contribution in [-0.2, 0) is 21.2 Å². The Balaban J connectivity index is 1.64. The number of nitrogens with zero attached hydrogens (tertiary/aromatic N) is 3. The summed E-state index contributed by atoms with van der Waals surface area (Å²) in [7, 11) is -3.08. The lowest BCUT2D eigenvalue weighted by molar-refractivity contribution is -0.129. The molecule has 33 heavy (non-hydrogen) atoms. The van der Waals surface area contributed by atoms with Crippen LogP contribution in [-0.4, -0.2) is 58.6 Å². The molecule has 3 heterocycles. The van der Waals surface area contributed by atoms with E-state index in [1.54, 1.807) is 9.47 Å². The number of fused-ring (bicyclic) bond motifs is 1. The van der Waals surface area contributed by atoms with Gasteiger partial charge in [0.05, 0.1) is 29.2 Å². The Labute approximate surface area is 201 Å². The molecule has 1 aliphatic heterocycles. The second-order valence-corrected chi connectivity index (χ2v) is 12.6. The van der Waals surface area contributed by atoms with Crippen molar-refractivity contribution in [3.05, 3.63) is 56.7 Å². The molecule has 4 rings (SSSR count). The van der Waals surface area contributed by atoms with E-state index in [2.05, 4.69) is 0 Å². The first-order chi connectivity index (χ1) is 15.7. The third-order valence-electron chi connectivity index (χ3n) is 6.07. The Hall–Kier alpha value is -2.17. The molecule has 7 nitrogen and oxygen atoms in total. The molecule has 0 N–H and O–H groups in total. The van der Waals surface area contributed by atoms with Crippen LogP contribution in [0.4, 0.5) is 0 Å². The standard InChI is InChI=1S/C23H27N3O4S3/c1-4-25(18-10-11-33(29,30)14-18)19(27)13-31-23-24-21-20(15(2)16(3)32-21)22(28)26(23)12-17-8-6-5-7-9-17/h5-9,18H,4,10-14H2,1-3H3/t18-/m1/s1. The first kappa shape index (κ1) is 24.0. The van der Waals surface area contributed by atoms with Gasteiger partial charge in [0.25, 0.3) is 5.56 Å². The Morgan fingerprint density at radius 2 is 2.00 bits per heavy atom. The molecule has 2 aromatic heterocycles. The molecular formula is C23H27N3O4S3. The number of carbonyl (C=O) groups excluding carboxylic acids is 1. The van der Waals surface area contributed by atoms with Crippen molar-refractivity contribution >= 4 is 49.1 Å². The number of thioether (sulfide) groups is 1. The van der Waals surface area contributed by atoms with E-state index in [1.165, 1.54) is 23.1 Å². The Morgan fingerprint density at radius 3 is 2.64 bits per heavy atom. The van der Waals surface area contributed by atoms with Crippen LogP contribution in [0.1, 0.15) is 29.3 Å². The molecule has 3 aromatic rings. The SMILES string of the molecule is CCN(C(=O)CSc1nc2sc(C)c(C)c2c(=O)n1Cc1ccccc1)[C@@H]1CCS(=O)(=O)C1. The highest BCUT2D eigenvalue weighted by Gasteiger charge is 2.34. The van der Waals surface area contributed by atoms with Crippen molar-refractivity contribution in [2.75, 3.05) is 23.8 Å². The van der Waals surface area contributed by atoms with Crippen molar-refractivity contribution in [2.45, 2.75) is 44.9 Å². The minimum absolute atomic E-state index is 0.0217. The van der Waals surface area contributed by atoms with E-state index in [4.69, 9.17) is 4.98 Å². The van der Waals surface area contributed by atoms with Crippen LogP contribution >= 0.6 is 23.1 Å². The van der Waals surface area contributed by atoms with Crippen LogP contribution in [0.5, 0.6) is 0 Å². The molecular weight excluding hydrogens is 478 g/mol. The number of thiophene rings is 1. The minimum atomic E-state index is -3.08. The minimum Gasteiger partial charge on any atom is -0.338 e. The van der Waals surface area contributed by atoms with Crippen LogP contribution in [0.2, 0.25) is 0 Å². The van der Waals surface area contributed by atoms with Crippen LogP contribution in [0, 0.1) is 13.8 Å². The molecule has 0 aliphatic carbocycles. The molecule has 1 aliphatic rings. The molecule has 1 amide bonds. The highest BCUT2D eigenvalue weighted by atomic mass is 32.2. The molecule has 0 radical (unpaired) electrons. The Kier molecular flexibility index (Phi) is 6.97. The topological polar surface area (TPSA) is 89.3 Å². The van der Waals surface area contributed by atoms with Crippen molar-refractivity contribution < 1.29 is 13.2 Å². The third kappa shape index (κ3) is 5.02. The predicted octanol–water partition coefficient (Wildman–Crippen LogP) is 3.25. The zero-order valence-electron chi connectivity index (χ0n) is 18.9. The molecule has 0 bridgehead atoms. The van der Waals surface area contributed by atoms with E-state index < -0.39 is 9.84 Å². The van der Waals surface area contributed by atoms with Gasteiger partial charge in [-0.2, -0.15) is 0 Å². The highest BCUT2D eigenvalue weighted by molar-refractivity contribution is 7.99. The quantitative estimate of drug-likeness (QED) is 0.362. The summed E-state index contributed by atoms with van der Waals surface area (Å²) in [5.41, 5.74) is 1.82. The van der Waals surface area contributed by atoms with E-state index in [9.17, 15) is 18.0 Å². The van der Waals surface area contributed by atoms with Gasteiger partial charge in [-0.3, -0.25) is 14.2 Å². The fourth-order valence-electron chi connectivity index (χ4n) is 4.19. The van der Waals surface area contributed by atoms with Crippen molar-refractivity contribution in [1.29, 1.82) is 0 Å². The number of hydrogen-bond donors (Lipinski definition) is 0. The number of benzene rings is 1. The van der Waals surface area contributed by atoms with E-state index >= 15 is 0 Å². The largest absolute Gasteiger partial charge is 0.338 e. The zero-order valence-corrected chi connectivity index (χ0v) is 21.4. The van der Waals surface area contributed by atoms with Crippen molar-refractivity contribution in [3.8, 4) is 0 Å². The van der Waals surface area contributed by atoms with Crippen LogP contribution < -0.4 is 5.56 Å². The predicted molar refractivity (Wildman–Crippen MR) is 134 cm³/mol. The second-order valence-electron chi connectivity index (χ2n) is 8.26. The first-order valence-corrected chi connectivity index (χ1v) is 14.5. The van der Waals surface area contributed by atoms with Crippen molar-refractivity contribution in [2.24, 2.45) is 0 Å². The molecule has 0 saturated carbocycles. The van der Waals surface area contributed by atoms with Crippen molar-refractivity contribution in [1.82, 2.24) is 14.5 Å². The average Bonchev–Trinajstić information content (AvgIpc) is 3.28. The molecule has 1 atom stereocenters. The number of aromatic nitrogens is 2. The number of hydrogen-bond acceptors (Lipinski definition) is 7. The van der Waals surface area contributed by atoms with Gasteiger partial charge in [0.1, 0.15) is 4.83 Å². The molecule has 1 aromatic carbocycles. The highest BCUT2D eigenvalue weighted by Crippen LogP contribution is 2.29. The lowest BCUT2D eigenvalue weighted by atomic mass is 10.2. The van der Waals surface area contributed by atoms with Gasteiger partial charge in [-0.1, -0.05) is 42.1 Å². The van der Waals surface area contributed by atoms with E-state index in [-0.39, 0.29) is 34.8 Å². The number of amides is 1. The fraction of sp³-hybridized carbons (Fsp3) is 0.435. The summed E-state index contributed by atoms with van der Waals surface area (Å²) in [4.78, 5) is 34.6. The summed E-state index contributed by atoms with van der Waals surface area (Å²) < 4.78 is 25.4. The Morgan fingerprint density at radius 1 is 1.27 bits per heavy atom. The molecule has 0 unspecified atom stereocenters. The van der Waals surface area contributed by atoms with Gasteiger partial charge in [-0.05, 0) is 38.3 Å². The number of sulfone groups is 1. The smallest absolute Gasteiger partial charge is 0.263 e. The Bertz CT molecular complexity index is 1350. The molecule has 10 heteroatoms. The van der Waals surface area contributed by atoms with Crippen LogP contribution in [0.25, 0.3) is 10.2 Å². The van der Waals surface area contributed by atoms with Gasteiger partial charge in [0, 0.05) is 17.5 Å². The van der Waals surface area contributed by atoms with Gasteiger partial charge >= 0.3 is 0 Å². The third-order valence-corrected chi connectivity index (χ3v) is 9.88. The zero-order chi connectivity index (χ0) is 23.8. The summed E-state index contributed by atoms with van der Waals surface area (Å²) >= 11 is 2.73. The number of rotatable bonds is 7. The van der Waals surface area contributed by atoms with Gasteiger partial charge < -0.3 is 4.90 Å². The summed E-state index contributed by atoms with van der Waals surface area (Å²) in [6, 6.07) is 9.42. The fourth-order valence-corrected chi connectivity index (χ4v) is 7.88. The molecule has 1 fully saturated rings. The summed E-state index contributed by atoms with van der Waals surface area (Å²) in [5.74, 6) is 0.110. The van der Waals surface area contributed by atoms with Gasteiger partial charge in [0.2, 0.25) is 5.91 Å². The second kappa shape index (κ2) is 9.60. The van der Waals surface area contributed by atoms with Crippen LogP contribution in [0.15, 0.2) is 40.3 Å². The summed E-state index contributed by atoms with van der Waals surface area (Å²) in [6.07, 6.45) is 0.475. The van der Waals surface area contributed by atoms with E-state index in [1.807, 2.05) is 51.1 Å². The maximum absolute atomic E-state index is 13.5. The van der Waals surface area contributed by atoms with E-state index in [0.29, 0.717) is 34.9 Å². The molecule has 176 valence electrons. The van der Waals surface area contributed by atoms with Crippen LogP contribution in [0.3, 0.4) is 0 Å². The molecule has 1 saturated heterocycles. The van der Waals surface area contributed by atoms with Gasteiger partial charge in [-0.25, -0.2) is 13.4 Å². The van der Waals surface area contributed by atoms with Gasteiger partial charge in [0.15, 0.2) is 15.0 Å². The normalized spacial score (nSPS) is 17.5. The average molecular weight is 506 g/mol.